The summed E-state index contributed by atoms with van der Waals surface area (Å²) in [6.45, 7) is 2.01. The van der Waals surface area contributed by atoms with Crippen LogP contribution in [0.15, 0.2) is 12.3 Å². The molecule has 1 unspecified atom stereocenters. The number of aromatic carboxylic acids is 1. The summed E-state index contributed by atoms with van der Waals surface area (Å²) in [5.74, 6) is -0.561. The van der Waals surface area contributed by atoms with Gasteiger partial charge in [0.25, 0.3) is 0 Å². The van der Waals surface area contributed by atoms with Gasteiger partial charge in [-0.2, -0.15) is 0 Å². The highest BCUT2D eigenvalue weighted by molar-refractivity contribution is 5.96. The second kappa shape index (κ2) is 5.22. The molecule has 1 atom stereocenters. The number of carboxylic acid groups (broad SMARTS) is 1. The van der Waals surface area contributed by atoms with Gasteiger partial charge in [-0.25, -0.2) is 9.78 Å². The van der Waals surface area contributed by atoms with Crippen LogP contribution in [0, 0.1) is 0 Å². The monoisotopic (exact) mass is 250 g/mol. The van der Waals surface area contributed by atoms with E-state index in [1.165, 1.54) is 12.3 Å². The second-order valence-electron chi connectivity index (χ2n) is 4.67. The Kier molecular flexibility index (Phi) is 3.66. The fourth-order valence-corrected chi connectivity index (χ4v) is 2.25. The third-order valence-electron chi connectivity index (χ3n) is 3.19. The molecule has 1 saturated heterocycles. The van der Waals surface area contributed by atoms with E-state index < -0.39 is 5.97 Å². The third-order valence-corrected chi connectivity index (χ3v) is 3.19. The van der Waals surface area contributed by atoms with E-state index in [1.54, 1.807) is 0 Å². The van der Waals surface area contributed by atoms with Crippen LogP contribution in [0.1, 0.15) is 23.2 Å². The molecule has 0 radical (unpaired) electrons. The van der Waals surface area contributed by atoms with E-state index in [1.807, 2.05) is 0 Å². The predicted octanol–water partition coefficient (Wildman–Crippen LogP) is 0.868. The first-order chi connectivity index (χ1) is 8.58. The van der Waals surface area contributed by atoms with Crippen LogP contribution in [-0.2, 0) is 0 Å². The molecule has 1 aliphatic rings. The first-order valence-corrected chi connectivity index (χ1v) is 6.01. The van der Waals surface area contributed by atoms with Gasteiger partial charge in [0.15, 0.2) is 0 Å². The molecule has 1 aliphatic heterocycles. The summed E-state index contributed by atoms with van der Waals surface area (Å²) >= 11 is 0. The van der Waals surface area contributed by atoms with Crippen LogP contribution in [0.5, 0.6) is 0 Å². The van der Waals surface area contributed by atoms with Crippen molar-refractivity contribution in [2.45, 2.75) is 18.9 Å². The third kappa shape index (κ3) is 2.70. The maximum absolute atomic E-state index is 11.0. The molecule has 6 nitrogen and oxygen atoms in total. The number of pyridine rings is 1. The molecule has 1 fully saturated rings. The average Bonchev–Trinajstić information content (AvgIpc) is 2.31. The fourth-order valence-electron chi connectivity index (χ4n) is 2.25. The zero-order valence-corrected chi connectivity index (χ0v) is 10.4. The van der Waals surface area contributed by atoms with Gasteiger partial charge in [-0.05, 0) is 32.5 Å². The summed E-state index contributed by atoms with van der Waals surface area (Å²) in [4.78, 5) is 17.3. The molecule has 6 heteroatoms. The Morgan fingerprint density at radius 3 is 3.11 bits per heavy atom. The number of nitrogens with two attached hydrogens (primary N) is 1. The molecule has 18 heavy (non-hydrogen) atoms. The van der Waals surface area contributed by atoms with Gasteiger partial charge in [-0.3, -0.25) is 0 Å². The van der Waals surface area contributed by atoms with Crippen molar-refractivity contribution in [1.82, 2.24) is 9.88 Å². The molecule has 1 aromatic rings. The number of carbonyl (C=O) groups is 1. The minimum Gasteiger partial charge on any atom is -0.478 e. The summed E-state index contributed by atoms with van der Waals surface area (Å²) in [5.41, 5.74) is 6.12. The summed E-state index contributed by atoms with van der Waals surface area (Å²) in [7, 11) is 2.07. The lowest BCUT2D eigenvalue weighted by molar-refractivity contribution is 0.0698. The number of nitrogen functional groups attached to an aromatic ring is 1. The Bertz CT molecular complexity index is 450. The van der Waals surface area contributed by atoms with Gasteiger partial charge in [0.1, 0.15) is 5.82 Å². The van der Waals surface area contributed by atoms with Crippen LogP contribution in [-0.4, -0.2) is 47.1 Å². The number of hydrogen-bond acceptors (Lipinski definition) is 5. The number of aromatic nitrogens is 1. The molecule has 98 valence electrons. The number of likely N-dealkylation sites (N-methyl/N-ethyl adjacent to an activating group) is 1. The standard InChI is InChI=1S/C12H18N4O2/c1-16-6-2-3-8(7-16)15-11-10(13)9(12(17)18)4-5-14-11/h4-5,8H,2-3,6-7,13H2,1H3,(H,14,15)(H,17,18). The summed E-state index contributed by atoms with van der Waals surface area (Å²) in [6.07, 6.45) is 3.63. The first kappa shape index (κ1) is 12.6. The van der Waals surface area contributed by atoms with Crippen LogP contribution in [0.2, 0.25) is 0 Å². The smallest absolute Gasteiger partial charge is 0.337 e. The molecule has 0 saturated carbocycles. The molecular formula is C12H18N4O2. The Labute approximate surface area is 106 Å². The number of likely N-dealkylation sites (tertiary alicyclic amines) is 1. The lowest BCUT2D eigenvalue weighted by Gasteiger charge is -2.30. The molecule has 0 bridgehead atoms. The van der Waals surface area contributed by atoms with E-state index in [4.69, 9.17) is 10.8 Å². The van der Waals surface area contributed by atoms with Gasteiger partial charge in [0, 0.05) is 18.8 Å². The van der Waals surface area contributed by atoms with Crippen molar-refractivity contribution < 1.29 is 9.90 Å². The van der Waals surface area contributed by atoms with Gasteiger partial charge < -0.3 is 21.1 Å². The SMILES string of the molecule is CN1CCCC(Nc2nccc(C(=O)O)c2N)C1. The Morgan fingerprint density at radius 1 is 1.67 bits per heavy atom. The Balaban J connectivity index is 2.14. The molecule has 2 rings (SSSR count). The summed E-state index contributed by atoms with van der Waals surface area (Å²) in [6, 6.07) is 1.68. The van der Waals surface area contributed by atoms with Crippen molar-refractivity contribution >= 4 is 17.5 Å². The zero-order valence-electron chi connectivity index (χ0n) is 10.4. The van der Waals surface area contributed by atoms with E-state index in [9.17, 15) is 4.79 Å². The quantitative estimate of drug-likeness (QED) is 0.737. The van der Waals surface area contributed by atoms with E-state index in [2.05, 4.69) is 22.2 Å². The van der Waals surface area contributed by atoms with Crippen molar-refractivity contribution in [3.63, 3.8) is 0 Å². The predicted molar refractivity (Wildman–Crippen MR) is 69.8 cm³/mol. The molecule has 0 spiro atoms. The van der Waals surface area contributed by atoms with Crippen molar-refractivity contribution in [3.8, 4) is 0 Å². The highest BCUT2D eigenvalue weighted by Crippen LogP contribution is 2.22. The molecule has 0 aliphatic carbocycles. The number of hydrogen-bond donors (Lipinski definition) is 3. The molecule has 4 N–H and O–H groups in total. The maximum atomic E-state index is 11.0. The van der Waals surface area contributed by atoms with Crippen LogP contribution < -0.4 is 11.1 Å². The minimum absolute atomic E-state index is 0.0941. The van der Waals surface area contributed by atoms with E-state index in [-0.39, 0.29) is 17.3 Å². The second-order valence-corrected chi connectivity index (χ2v) is 4.67. The minimum atomic E-state index is -1.03. The lowest BCUT2D eigenvalue weighted by atomic mass is 10.1. The zero-order chi connectivity index (χ0) is 13.1. The summed E-state index contributed by atoms with van der Waals surface area (Å²) in [5, 5.41) is 12.2. The van der Waals surface area contributed by atoms with Crippen molar-refractivity contribution in [2.75, 3.05) is 31.2 Å². The van der Waals surface area contributed by atoms with Crippen molar-refractivity contribution in [3.05, 3.63) is 17.8 Å². The number of anilines is 2. The molecule has 2 heterocycles. The highest BCUT2D eigenvalue weighted by Gasteiger charge is 2.19. The van der Waals surface area contributed by atoms with Crippen molar-refractivity contribution in [1.29, 1.82) is 0 Å². The largest absolute Gasteiger partial charge is 0.478 e. The van der Waals surface area contributed by atoms with Crippen LogP contribution >= 0.6 is 0 Å². The van der Waals surface area contributed by atoms with Gasteiger partial charge in [-0.15, -0.1) is 0 Å². The average molecular weight is 250 g/mol. The fraction of sp³-hybridized carbons (Fsp3) is 0.500. The number of nitrogens with zero attached hydrogens (tertiary/aromatic N) is 2. The first-order valence-electron chi connectivity index (χ1n) is 6.01. The van der Waals surface area contributed by atoms with Gasteiger partial charge in [0.05, 0.1) is 11.3 Å². The molecular weight excluding hydrogens is 232 g/mol. The Morgan fingerprint density at radius 2 is 2.44 bits per heavy atom. The van der Waals surface area contributed by atoms with E-state index in [0.29, 0.717) is 5.82 Å². The number of rotatable bonds is 3. The summed E-state index contributed by atoms with van der Waals surface area (Å²) < 4.78 is 0. The normalized spacial score (nSPS) is 20.6. The van der Waals surface area contributed by atoms with Crippen LogP contribution in [0.3, 0.4) is 0 Å². The molecule has 1 aromatic heterocycles. The molecule has 0 amide bonds. The van der Waals surface area contributed by atoms with E-state index in [0.717, 1.165) is 25.9 Å². The number of carboxylic acids is 1. The topological polar surface area (TPSA) is 91.5 Å². The van der Waals surface area contributed by atoms with Gasteiger partial charge >= 0.3 is 5.97 Å². The lowest BCUT2D eigenvalue weighted by Crippen LogP contribution is -2.40. The van der Waals surface area contributed by atoms with Crippen molar-refractivity contribution in [2.24, 2.45) is 0 Å². The maximum Gasteiger partial charge on any atom is 0.337 e. The number of piperidine rings is 1. The Hall–Kier alpha value is -1.82. The number of nitrogens with one attached hydrogen (secondary N) is 1. The van der Waals surface area contributed by atoms with Gasteiger partial charge in [-0.1, -0.05) is 0 Å². The molecule has 0 aromatic carbocycles. The highest BCUT2D eigenvalue weighted by atomic mass is 16.4. The van der Waals surface area contributed by atoms with E-state index >= 15 is 0 Å². The van der Waals surface area contributed by atoms with Crippen LogP contribution in [0.25, 0.3) is 0 Å². The van der Waals surface area contributed by atoms with Gasteiger partial charge in [0.2, 0.25) is 0 Å². The van der Waals surface area contributed by atoms with Crippen LogP contribution in [0.4, 0.5) is 11.5 Å².